The molecule has 200 valence electrons. The van der Waals surface area contributed by atoms with Crippen LogP contribution < -0.4 is 14.9 Å². The van der Waals surface area contributed by atoms with Gasteiger partial charge < -0.3 is 9.47 Å². The standard InChI is InChI=1S/C28H23Cl2N3O5S/c1-3-5-19-10-18(12-24(37-4-2)27(19)38-16-17-6-8-22(29)23(30)11-17)15-31-32-28(34)26-14-20-13-21(33(35)36)7-9-25(20)39-26/h3,6-15H,1,4-5,16H2,2H3,(H,32,34)/b31-15-. The summed E-state index contributed by atoms with van der Waals surface area (Å²) in [6.45, 7) is 6.38. The normalized spacial score (nSPS) is 11.1. The minimum Gasteiger partial charge on any atom is -0.490 e. The van der Waals surface area contributed by atoms with Crippen molar-refractivity contribution in [3.05, 3.63) is 109 Å². The molecule has 39 heavy (non-hydrogen) atoms. The van der Waals surface area contributed by atoms with E-state index >= 15 is 0 Å². The van der Waals surface area contributed by atoms with Crippen molar-refractivity contribution in [3.8, 4) is 11.5 Å². The Kier molecular flexibility index (Phi) is 9.19. The van der Waals surface area contributed by atoms with Crippen LogP contribution in [0.15, 0.2) is 72.4 Å². The second-order valence-electron chi connectivity index (χ2n) is 8.26. The Hall–Kier alpha value is -3.92. The number of ether oxygens (including phenoxy) is 2. The van der Waals surface area contributed by atoms with E-state index in [1.807, 2.05) is 19.1 Å². The first-order valence-corrected chi connectivity index (χ1v) is 13.3. The van der Waals surface area contributed by atoms with Gasteiger partial charge in [0, 0.05) is 27.8 Å². The van der Waals surface area contributed by atoms with Crippen molar-refractivity contribution < 1.29 is 19.2 Å². The Bertz CT molecular complexity index is 1590. The Morgan fingerprint density at radius 2 is 1.95 bits per heavy atom. The van der Waals surface area contributed by atoms with Gasteiger partial charge in [0.1, 0.15) is 6.61 Å². The van der Waals surface area contributed by atoms with Crippen molar-refractivity contribution in [2.75, 3.05) is 6.61 Å². The lowest BCUT2D eigenvalue weighted by molar-refractivity contribution is -0.384. The average Bonchev–Trinajstić information content (AvgIpc) is 3.34. The van der Waals surface area contributed by atoms with E-state index in [-0.39, 0.29) is 12.3 Å². The van der Waals surface area contributed by atoms with Crippen LogP contribution in [0.25, 0.3) is 10.1 Å². The number of nitrogens with zero attached hydrogens (tertiary/aromatic N) is 2. The number of halogens is 2. The van der Waals surface area contributed by atoms with Gasteiger partial charge in [0.2, 0.25) is 0 Å². The Morgan fingerprint density at radius 1 is 1.13 bits per heavy atom. The fourth-order valence-electron chi connectivity index (χ4n) is 3.75. The van der Waals surface area contributed by atoms with Gasteiger partial charge >= 0.3 is 0 Å². The van der Waals surface area contributed by atoms with Crippen LogP contribution in [0.2, 0.25) is 10.0 Å². The zero-order valence-corrected chi connectivity index (χ0v) is 23.1. The number of hydrazone groups is 1. The first-order valence-electron chi connectivity index (χ1n) is 11.8. The number of allylic oxidation sites excluding steroid dienone is 1. The van der Waals surface area contributed by atoms with E-state index < -0.39 is 10.8 Å². The number of carbonyl (C=O) groups excluding carboxylic acids is 1. The highest BCUT2D eigenvalue weighted by molar-refractivity contribution is 7.20. The monoisotopic (exact) mass is 583 g/mol. The summed E-state index contributed by atoms with van der Waals surface area (Å²) in [5, 5.41) is 16.7. The molecule has 0 saturated heterocycles. The molecule has 1 heterocycles. The summed E-state index contributed by atoms with van der Waals surface area (Å²) in [6.07, 6.45) is 3.78. The van der Waals surface area contributed by atoms with Crippen molar-refractivity contribution in [2.45, 2.75) is 20.0 Å². The summed E-state index contributed by atoms with van der Waals surface area (Å²) in [7, 11) is 0. The van der Waals surface area contributed by atoms with E-state index in [1.165, 1.54) is 29.7 Å². The second kappa shape index (κ2) is 12.8. The van der Waals surface area contributed by atoms with Crippen LogP contribution in [0.3, 0.4) is 0 Å². The number of rotatable bonds is 11. The number of hydrogen-bond acceptors (Lipinski definition) is 7. The predicted octanol–water partition coefficient (Wildman–Crippen LogP) is 7.59. The fourth-order valence-corrected chi connectivity index (χ4v) is 5.01. The van der Waals surface area contributed by atoms with Gasteiger partial charge in [-0.25, -0.2) is 5.43 Å². The van der Waals surface area contributed by atoms with Crippen LogP contribution in [0.5, 0.6) is 11.5 Å². The summed E-state index contributed by atoms with van der Waals surface area (Å²) in [5.74, 6) is 0.673. The van der Waals surface area contributed by atoms with Gasteiger partial charge in [0.25, 0.3) is 11.6 Å². The molecule has 0 atom stereocenters. The SMILES string of the molecule is C=CCc1cc(/C=N\NC(=O)c2cc3cc([N+](=O)[O-])ccc3s2)cc(OCC)c1OCc1ccc(Cl)c(Cl)c1. The highest BCUT2D eigenvalue weighted by atomic mass is 35.5. The highest BCUT2D eigenvalue weighted by Gasteiger charge is 2.15. The molecule has 0 unspecified atom stereocenters. The lowest BCUT2D eigenvalue weighted by atomic mass is 10.1. The Morgan fingerprint density at radius 3 is 2.67 bits per heavy atom. The van der Waals surface area contributed by atoms with Crippen LogP contribution in [-0.4, -0.2) is 23.7 Å². The van der Waals surface area contributed by atoms with Gasteiger partial charge in [-0.15, -0.1) is 17.9 Å². The number of carbonyl (C=O) groups is 1. The van der Waals surface area contributed by atoms with Crippen LogP contribution in [-0.2, 0) is 13.0 Å². The lowest BCUT2D eigenvalue weighted by Crippen LogP contribution is -2.16. The maximum Gasteiger partial charge on any atom is 0.281 e. The van der Waals surface area contributed by atoms with Crippen molar-refractivity contribution in [1.82, 2.24) is 5.43 Å². The molecule has 0 fully saturated rings. The largest absolute Gasteiger partial charge is 0.490 e. The van der Waals surface area contributed by atoms with E-state index in [2.05, 4.69) is 17.1 Å². The summed E-state index contributed by atoms with van der Waals surface area (Å²) >= 11 is 13.4. The molecule has 0 aliphatic rings. The summed E-state index contributed by atoms with van der Waals surface area (Å²) in [4.78, 5) is 23.6. The number of amides is 1. The molecule has 3 aromatic carbocycles. The first-order chi connectivity index (χ1) is 18.8. The summed E-state index contributed by atoms with van der Waals surface area (Å²) in [5.41, 5.74) is 4.84. The van der Waals surface area contributed by atoms with Crippen LogP contribution >= 0.6 is 34.5 Å². The third-order valence-electron chi connectivity index (χ3n) is 5.50. The summed E-state index contributed by atoms with van der Waals surface area (Å²) in [6, 6.07) is 15.0. The number of non-ortho nitro benzene ring substituents is 1. The first kappa shape index (κ1) is 28.1. The number of thiophene rings is 1. The topological polar surface area (TPSA) is 103 Å². The molecule has 4 rings (SSSR count). The highest BCUT2D eigenvalue weighted by Crippen LogP contribution is 2.35. The number of nitro benzene ring substituents is 1. The molecule has 0 bridgehead atoms. The molecule has 0 aliphatic carbocycles. The van der Waals surface area contributed by atoms with Crippen LogP contribution in [0.4, 0.5) is 5.69 Å². The van der Waals surface area contributed by atoms with Crippen LogP contribution in [0, 0.1) is 10.1 Å². The van der Waals surface area contributed by atoms with Crippen LogP contribution in [0.1, 0.15) is 33.3 Å². The second-order valence-corrected chi connectivity index (χ2v) is 10.2. The minimum absolute atomic E-state index is 0.0323. The van der Waals surface area contributed by atoms with Gasteiger partial charge in [-0.3, -0.25) is 14.9 Å². The molecular formula is C28H23Cl2N3O5S. The molecule has 0 radical (unpaired) electrons. The van der Waals surface area contributed by atoms with Crippen molar-refractivity contribution >= 4 is 62.4 Å². The molecule has 0 spiro atoms. The molecule has 1 N–H and O–H groups in total. The van der Waals surface area contributed by atoms with Gasteiger partial charge in [-0.1, -0.05) is 35.3 Å². The number of fused-ring (bicyclic) bond motifs is 1. The number of hydrogen-bond donors (Lipinski definition) is 1. The quantitative estimate of drug-likeness (QED) is 0.0847. The average molecular weight is 584 g/mol. The zero-order chi connectivity index (χ0) is 27.9. The molecule has 8 nitrogen and oxygen atoms in total. The Balaban J connectivity index is 1.52. The van der Waals surface area contributed by atoms with E-state index in [9.17, 15) is 14.9 Å². The van der Waals surface area contributed by atoms with Gasteiger partial charge in [-0.2, -0.15) is 5.10 Å². The maximum absolute atomic E-state index is 12.7. The molecule has 0 aliphatic heterocycles. The predicted molar refractivity (Wildman–Crippen MR) is 156 cm³/mol. The molecule has 4 aromatic rings. The van der Waals surface area contributed by atoms with E-state index in [1.54, 1.807) is 36.4 Å². The van der Waals surface area contributed by atoms with Gasteiger partial charge in [0.15, 0.2) is 11.5 Å². The van der Waals surface area contributed by atoms with Crippen molar-refractivity contribution in [3.63, 3.8) is 0 Å². The third kappa shape index (κ3) is 6.94. The number of nitro groups is 1. The third-order valence-corrected chi connectivity index (χ3v) is 7.35. The van der Waals surface area contributed by atoms with Crippen molar-refractivity contribution in [2.24, 2.45) is 5.10 Å². The lowest BCUT2D eigenvalue weighted by Gasteiger charge is -2.17. The molecule has 11 heteroatoms. The van der Waals surface area contributed by atoms with E-state index in [4.69, 9.17) is 32.7 Å². The fraction of sp³-hybridized carbons (Fsp3) is 0.143. The van der Waals surface area contributed by atoms with E-state index in [0.29, 0.717) is 50.4 Å². The molecule has 0 saturated carbocycles. The van der Waals surface area contributed by atoms with Gasteiger partial charge in [-0.05, 0) is 60.9 Å². The van der Waals surface area contributed by atoms with Gasteiger partial charge in [0.05, 0.1) is 32.7 Å². The zero-order valence-electron chi connectivity index (χ0n) is 20.8. The summed E-state index contributed by atoms with van der Waals surface area (Å²) < 4.78 is 12.7. The van der Waals surface area contributed by atoms with Crippen molar-refractivity contribution in [1.29, 1.82) is 0 Å². The molecular weight excluding hydrogens is 561 g/mol. The smallest absolute Gasteiger partial charge is 0.281 e. The molecule has 1 amide bonds. The minimum atomic E-state index is -0.470. The van der Waals surface area contributed by atoms with E-state index in [0.717, 1.165) is 15.8 Å². The number of benzene rings is 3. The number of nitrogens with one attached hydrogen (secondary N) is 1. The molecule has 1 aromatic heterocycles. The maximum atomic E-state index is 12.7. The Labute approximate surface area is 238 Å².